The fourth-order valence-electron chi connectivity index (χ4n) is 1.75. The van der Waals surface area contributed by atoms with Gasteiger partial charge in [-0.3, -0.25) is 14.2 Å². The van der Waals surface area contributed by atoms with Crippen molar-refractivity contribution < 1.29 is 14.3 Å². The van der Waals surface area contributed by atoms with E-state index in [-0.39, 0.29) is 16.9 Å². The number of aromatic amines is 1. The first-order valence-electron chi connectivity index (χ1n) is 6.23. The highest BCUT2D eigenvalue weighted by molar-refractivity contribution is 6.06. The van der Waals surface area contributed by atoms with Gasteiger partial charge < -0.3 is 15.0 Å². The molecule has 0 fully saturated rings. The minimum atomic E-state index is -0.717. The number of hydrogen-bond donors (Lipinski definition) is 2. The van der Waals surface area contributed by atoms with Crippen molar-refractivity contribution in [3.8, 4) is 0 Å². The summed E-state index contributed by atoms with van der Waals surface area (Å²) >= 11 is 0. The van der Waals surface area contributed by atoms with E-state index in [0.29, 0.717) is 0 Å². The Balaban J connectivity index is 2.36. The van der Waals surface area contributed by atoms with Crippen molar-refractivity contribution in [1.82, 2.24) is 9.55 Å². The van der Waals surface area contributed by atoms with Crippen LogP contribution in [0.15, 0.2) is 39.9 Å². The van der Waals surface area contributed by atoms with E-state index in [9.17, 15) is 19.2 Å². The fourth-order valence-corrected chi connectivity index (χ4v) is 1.75. The van der Waals surface area contributed by atoms with Gasteiger partial charge in [0.2, 0.25) is 0 Å². The van der Waals surface area contributed by atoms with Crippen LogP contribution in [0.25, 0.3) is 0 Å². The maximum Gasteiger partial charge on any atom is 0.339 e. The van der Waals surface area contributed by atoms with Crippen molar-refractivity contribution in [2.45, 2.75) is 0 Å². The van der Waals surface area contributed by atoms with Crippen molar-refractivity contribution in [2.24, 2.45) is 7.05 Å². The molecule has 0 saturated heterocycles. The summed E-state index contributed by atoms with van der Waals surface area (Å²) in [4.78, 5) is 49.0. The molecule has 0 radical (unpaired) electrons. The monoisotopic (exact) mass is 303 g/mol. The lowest BCUT2D eigenvalue weighted by atomic mass is 10.1. The first-order valence-corrected chi connectivity index (χ1v) is 6.23. The molecule has 114 valence electrons. The number of carbonyl (C=O) groups excluding carboxylic acids is 2. The molecule has 1 amide bonds. The SMILES string of the molecule is COC(=O)c1ccccc1NC(=O)c1cc(=O)n(C)c(=O)[nH]1. The Morgan fingerprint density at radius 1 is 1.23 bits per heavy atom. The second-order valence-corrected chi connectivity index (χ2v) is 4.38. The van der Waals surface area contributed by atoms with Gasteiger partial charge in [0, 0.05) is 13.1 Å². The summed E-state index contributed by atoms with van der Waals surface area (Å²) in [5.74, 6) is -1.33. The number of amides is 1. The zero-order valence-corrected chi connectivity index (χ0v) is 11.9. The molecular weight excluding hydrogens is 290 g/mol. The molecule has 0 saturated carbocycles. The maximum absolute atomic E-state index is 12.1. The molecular formula is C14H13N3O5. The van der Waals surface area contributed by atoms with E-state index in [1.807, 2.05) is 0 Å². The van der Waals surface area contributed by atoms with E-state index >= 15 is 0 Å². The van der Waals surface area contributed by atoms with Gasteiger partial charge in [0.25, 0.3) is 11.5 Å². The lowest BCUT2D eigenvalue weighted by Gasteiger charge is -2.09. The number of methoxy groups -OCH3 is 1. The molecule has 0 atom stereocenters. The second-order valence-electron chi connectivity index (χ2n) is 4.38. The van der Waals surface area contributed by atoms with Gasteiger partial charge in [0.15, 0.2) is 0 Å². The zero-order valence-electron chi connectivity index (χ0n) is 11.9. The van der Waals surface area contributed by atoms with E-state index in [2.05, 4.69) is 15.0 Å². The third-order valence-electron chi connectivity index (χ3n) is 2.97. The second kappa shape index (κ2) is 6.08. The maximum atomic E-state index is 12.1. The molecule has 0 bridgehead atoms. The number of anilines is 1. The molecule has 0 aliphatic heterocycles. The summed E-state index contributed by atoms with van der Waals surface area (Å²) in [5, 5.41) is 2.46. The van der Waals surface area contributed by atoms with E-state index in [0.717, 1.165) is 10.6 Å². The third kappa shape index (κ3) is 2.95. The van der Waals surface area contributed by atoms with E-state index < -0.39 is 23.1 Å². The minimum Gasteiger partial charge on any atom is -0.465 e. The number of ether oxygens (including phenoxy) is 1. The van der Waals surface area contributed by atoms with Gasteiger partial charge in [-0.1, -0.05) is 12.1 Å². The number of rotatable bonds is 3. The van der Waals surface area contributed by atoms with E-state index in [4.69, 9.17) is 0 Å². The van der Waals surface area contributed by atoms with Crippen LogP contribution in [0.2, 0.25) is 0 Å². The lowest BCUT2D eigenvalue weighted by molar-refractivity contribution is 0.0602. The molecule has 1 aromatic carbocycles. The topological polar surface area (TPSA) is 110 Å². The molecule has 2 N–H and O–H groups in total. The molecule has 22 heavy (non-hydrogen) atoms. The highest BCUT2D eigenvalue weighted by Crippen LogP contribution is 2.16. The van der Waals surface area contributed by atoms with Gasteiger partial charge in [0.1, 0.15) is 5.69 Å². The molecule has 1 aromatic heterocycles. The Hall–Kier alpha value is -3.16. The molecule has 2 rings (SSSR count). The van der Waals surface area contributed by atoms with Crippen LogP contribution in [0.5, 0.6) is 0 Å². The van der Waals surface area contributed by atoms with Crippen LogP contribution in [-0.4, -0.2) is 28.5 Å². The summed E-state index contributed by atoms with van der Waals surface area (Å²) in [5.41, 5.74) is -1.16. The Labute approximate surface area is 124 Å². The molecule has 1 heterocycles. The summed E-state index contributed by atoms with van der Waals surface area (Å²) in [6.45, 7) is 0. The van der Waals surface area contributed by atoms with E-state index in [1.54, 1.807) is 12.1 Å². The number of hydrogen-bond acceptors (Lipinski definition) is 5. The van der Waals surface area contributed by atoms with Crippen molar-refractivity contribution in [3.05, 3.63) is 62.4 Å². The van der Waals surface area contributed by atoms with Crippen molar-refractivity contribution in [1.29, 1.82) is 0 Å². The molecule has 0 aliphatic carbocycles. The van der Waals surface area contributed by atoms with Crippen LogP contribution in [0.3, 0.4) is 0 Å². The van der Waals surface area contributed by atoms with Gasteiger partial charge in [0.05, 0.1) is 18.4 Å². The number of esters is 1. The van der Waals surface area contributed by atoms with Gasteiger partial charge in [-0.2, -0.15) is 0 Å². The van der Waals surface area contributed by atoms with Crippen LogP contribution in [0.4, 0.5) is 5.69 Å². The van der Waals surface area contributed by atoms with Gasteiger partial charge >= 0.3 is 11.7 Å². The van der Waals surface area contributed by atoms with Crippen LogP contribution in [0, 0.1) is 0 Å². The smallest absolute Gasteiger partial charge is 0.339 e. The van der Waals surface area contributed by atoms with E-state index in [1.165, 1.54) is 26.3 Å². The molecule has 8 heteroatoms. The summed E-state index contributed by atoms with van der Waals surface area (Å²) in [7, 11) is 2.51. The molecule has 8 nitrogen and oxygen atoms in total. The number of H-pyrrole nitrogens is 1. The highest BCUT2D eigenvalue weighted by atomic mass is 16.5. The first-order chi connectivity index (χ1) is 10.4. The largest absolute Gasteiger partial charge is 0.465 e. The number of nitrogens with one attached hydrogen (secondary N) is 2. The Bertz CT molecular complexity index is 819. The van der Waals surface area contributed by atoms with Crippen molar-refractivity contribution >= 4 is 17.6 Å². The number of carbonyl (C=O) groups is 2. The summed E-state index contributed by atoms with van der Waals surface area (Å²) in [6, 6.07) is 7.21. The predicted octanol–water partition coefficient (Wildman–Crippen LogP) is 0.112. The average molecular weight is 303 g/mol. The first kappa shape index (κ1) is 15.2. The lowest BCUT2D eigenvalue weighted by Crippen LogP contribution is -2.35. The normalized spacial score (nSPS) is 10.1. The third-order valence-corrected chi connectivity index (χ3v) is 2.97. The Kier molecular flexibility index (Phi) is 4.21. The number of benzene rings is 1. The number of para-hydroxylation sites is 1. The molecule has 0 unspecified atom stereocenters. The van der Waals surface area contributed by atoms with Crippen LogP contribution in [0.1, 0.15) is 20.8 Å². The quantitative estimate of drug-likeness (QED) is 0.782. The minimum absolute atomic E-state index is 0.157. The van der Waals surface area contributed by atoms with Crippen LogP contribution >= 0.6 is 0 Å². The number of nitrogens with zero attached hydrogens (tertiary/aromatic N) is 1. The van der Waals surface area contributed by atoms with Crippen LogP contribution < -0.4 is 16.6 Å². The van der Waals surface area contributed by atoms with Gasteiger partial charge in [-0.05, 0) is 12.1 Å². The Morgan fingerprint density at radius 3 is 2.55 bits per heavy atom. The molecule has 0 aliphatic rings. The molecule has 2 aromatic rings. The summed E-state index contributed by atoms with van der Waals surface area (Å²) < 4.78 is 5.45. The summed E-state index contributed by atoms with van der Waals surface area (Å²) in [6.07, 6.45) is 0. The van der Waals surface area contributed by atoms with Crippen molar-refractivity contribution in [2.75, 3.05) is 12.4 Å². The Morgan fingerprint density at radius 2 is 1.91 bits per heavy atom. The predicted molar refractivity (Wildman–Crippen MR) is 78.0 cm³/mol. The zero-order chi connectivity index (χ0) is 16.3. The average Bonchev–Trinajstić information content (AvgIpc) is 2.51. The van der Waals surface area contributed by atoms with Gasteiger partial charge in [-0.25, -0.2) is 9.59 Å². The fraction of sp³-hybridized carbons (Fsp3) is 0.143. The molecule has 0 spiro atoms. The van der Waals surface area contributed by atoms with Crippen LogP contribution in [-0.2, 0) is 11.8 Å². The standard InChI is InChI=1S/C14H13N3O5/c1-17-11(18)7-10(16-14(17)21)12(19)15-9-6-4-3-5-8(9)13(20)22-2/h3-7H,1-2H3,(H,15,19)(H,16,21). The van der Waals surface area contributed by atoms with Gasteiger partial charge in [-0.15, -0.1) is 0 Å². The number of aromatic nitrogens is 2. The highest BCUT2D eigenvalue weighted by Gasteiger charge is 2.15. The van der Waals surface area contributed by atoms with Crippen molar-refractivity contribution in [3.63, 3.8) is 0 Å².